The molecule has 0 N–H and O–H groups in total. The minimum atomic E-state index is -0.0491. The van der Waals surface area contributed by atoms with E-state index in [9.17, 15) is 4.79 Å². The Balaban J connectivity index is 1.47. The number of hydrogen-bond donors (Lipinski definition) is 0. The molecule has 1 fully saturated rings. The van der Waals surface area contributed by atoms with E-state index < -0.39 is 0 Å². The number of fused-ring (bicyclic) bond motifs is 1. The Hall–Kier alpha value is -2.40. The summed E-state index contributed by atoms with van der Waals surface area (Å²) < 4.78 is 7.51. The Bertz CT molecular complexity index is 928. The first-order valence-electron chi connectivity index (χ1n) is 8.34. The van der Waals surface area contributed by atoms with E-state index in [2.05, 4.69) is 28.9 Å². The fraction of sp³-hybridized carbons (Fsp3) is 0.368. The third-order valence-corrected chi connectivity index (χ3v) is 4.64. The summed E-state index contributed by atoms with van der Waals surface area (Å²) >= 11 is 0. The lowest BCUT2D eigenvalue weighted by Gasteiger charge is -2.14. The standard InChI is InChI=1S/C19H21N3O2/c1-13-9-16(13)17-7-6-15(24-17)12-21(2)11-14-10-19(23)22-8-4-3-5-18(22)20-14/h3-8,10,13,16H,9,11-12H2,1-2H3/t13-,16+/m0/s1. The molecule has 1 aliphatic carbocycles. The average Bonchev–Trinajstić information content (AvgIpc) is 3.10. The predicted octanol–water partition coefficient (Wildman–Crippen LogP) is 3.04. The van der Waals surface area contributed by atoms with Gasteiger partial charge in [-0.1, -0.05) is 13.0 Å². The Morgan fingerprint density at radius 2 is 2.12 bits per heavy atom. The summed E-state index contributed by atoms with van der Waals surface area (Å²) in [5, 5.41) is 0. The van der Waals surface area contributed by atoms with E-state index in [0.29, 0.717) is 24.7 Å². The van der Waals surface area contributed by atoms with Gasteiger partial charge >= 0.3 is 0 Å². The summed E-state index contributed by atoms with van der Waals surface area (Å²) in [5.41, 5.74) is 1.40. The Kier molecular flexibility index (Phi) is 3.73. The van der Waals surface area contributed by atoms with E-state index in [1.165, 1.54) is 6.42 Å². The number of pyridine rings is 1. The van der Waals surface area contributed by atoms with Crippen molar-refractivity contribution in [2.24, 2.45) is 5.92 Å². The first-order valence-corrected chi connectivity index (χ1v) is 8.34. The number of furan rings is 1. The number of hydrogen-bond acceptors (Lipinski definition) is 4. The zero-order valence-corrected chi connectivity index (χ0v) is 14.0. The predicted molar refractivity (Wildman–Crippen MR) is 91.9 cm³/mol. The number of aromatic nitrogens is 2. The van der Waals surface area contributed by atoms with Crippen molar-refractivity contribution in [1.82, 2.24) is 14.3 Å². The van der Waals surface area contributed by atoms with Gasteiger partial charge in [0.2, 0.25) is 0 Å². The van der Waals surface area contributed by atoms with Gasteiger partial charge < -0.3 is 4.42 Å². The van der Waals surface area contributed by atoms with Gasteiger partial charge in [0, 0.05) is 24.7 Å². The molecule has 124 valence electrons. The van der Waals surface area contributed by atoms with Gasteiger partial charge in [-0.05, 0) is 43.7 Å². The van der Waals surface area contributed by atoms with Crippen LogP contribution in [0.4, 0.5) is 0 Å². The highest BCUT2D eigenvalue weighted by molar-refractivity contribution is 5.37. The van der Waals surface area contributed by atoms with Crippen LogP contribution in [0, 0.1) is 5.92 Å². The molecule has 0 unspecified atom stereocenters. The molecule has 4 rings (SSSR count). The summed E-state index contributed by atoms with van der Waals surface area (Å²) in [4.78, 5) is 18.8. The van der Waals surface area contributed by atoms with Crippen LogP contribution < -0.4 is 5.56 Å². The molecule has 24 heavy (non-hydrogen) atoms. The van der Waals surface area contributed by atoms with Crippen LogP contribution in [-0.2, 0) is 13.1 Å². The highest BCUT2D eigenvalue weighted by atomic mass is 16.3. The molecule has 5 nitrogen and oxygen atoms in total. The van der Waals surface area contributed by atoms with Gasteiger partial charge in [-0.25, -0.2) is 4.98 Å². The van der Waals surface area contributed by atoms with Gasteiger partial charge in [0.05, 0.1) is 12.2 Å². The normalized spacial score (nSPS) is 20.0. The smallest absolute Gasteiger partial charge is 0.258 e. The second-order valence-corrected chi connectivity index (χ2v) is 6.81. The third kappa shape index (κ3) is 2.99. The van der Waals surface area contributed by atoms with Gasteiger partial charge in [-0.15, -0.1) is 0 Å². The second kappa shape index (κ2) is 5.91. The molecular weight excluding hydrogens is 302 g/mol. The molecule has 3 aromatic heterocycles. The lowest BCUT2D eigenvalue weighted by Crippen LogP contribution is -2.21. The largest absolute Gasteiger partial charge is 0.464 e. The van der Waals surface area contributed by atoms with Gasteiger partial charge in [0.15, 0.2) is 0 Å². The maximum atomic E-state index is 12.1. The number of rotatable bonds is 5. The van der Waals surface area contributed by atoms with E-state index >= 15 is 0 Å². The summed E-state index contributed by atoms with van der Waals surface area (Å²) in [7, 11) is 2.01. The fourth-order valence-electron chi connectivity index (χ4n) is 3.18. The first kappa shape index (κ1) is 15.1. The van der Waals surface area contributed by atoms with Crippen molar-refractivity contribution in [3.63, 3.8) is 0 Å². The lowest BCUT2D eigenvalue weighted by molar-refractivity contribution is 0.280. The quantitative estimate of drug-likeness (QED) is 0.724. The lowest BCUT2D eigenvalue weighted by atomic mass is 10.3. The summed E-state index contributed by atoms with van der Waals surface area (Å²) in [5.74, 6) is 3.42. The average molecular weight is 323 g/mol. The van der Waals surface area contributed by atoms with E-state index in [1.54, 1.807) is 16.7 Å². The van der Waals surface area contributed by atoms with Crippen molar-refractivity contribution in [1.29, 1.82) is 0 Å². The zero-order valence-electron chi connectivity index (χ0n) is 14.0. The van der Waals surface area contributed by atoms with Crippen molar-refractivity contribution in [3.8, 4) is 0 Å². The highest BCUT2D eigenvalue weighted by Gasteiger charge is 2.36. The SMILES string of the molecule is C[C@H]1C[C@H]1c1ccc(CN(C)Cc2cc(=O)n3ccccc3n2)o1. The van der Waals surface area contributed by atoms with Crippen molar-refractivity contribution < 1.29 is 4.42 Å². The molecular formula is C19H21N3O2. The molecule has 1 aliphatic rings. The minimum absolute atomic E-state index is 0.0491. The molecule has 3 heterocycles. The van der Waals surface area contributed by atoms with Crippen LogP contribution >= 0.6 is 0 Å². The Morgan fingerprint density at radius 1 is 1.29 bits per heavy atom. The molecule has 1 saturated carbocycles. The van der Waals surface area contributed by atoms with Gasteiger partial charge in [0.1, 0.15) is 17.2 Å². The topological polar surface area (TPSA) is 50.8 Å². The first-order chi connectivity index (χ1) is 11.6. The van der Waals surface area contributed by atoms with Crippen LogP contribution in [0.15, 0.2) is 51.8 Å². The van der Waals surface area contributed by atoms with Crippen LogP contribution in [-0.4, -0.2) is 21.3 Å². The van der Waals surface area contributed by atoms with Crippen LogP contribution in [0.25, 0.3) is 5.65 Å². The maximum Gasteiger partial charge on any atom is 0.258 e. The maximum absolute atomic E-state index is 12.1. The highest BCUT2D eigenvalue weighted by Crippen LogP contribution is 2.47. The molecule has 5 heteroatoms. The molecule has 0 aliphatic heterocycles. The Labute approximate surface area is 140 Å². The Morgan fingerprint density at radius 3 is 2.92 bits per heavy atom. The van der Waals surface area contributed by atoms with E-state index in [4.69, 9.17) is 4.42 Å². The zero-order chi connectivity index (χ0) is 16.7. The molecule has 2 atom stereocenters. The minimum Gasteiger partial charge on any atom is -0.464 e. The van der Waals surface area contributed by atoms with E-state index in [0.717, 1.165) is 23.1 Å². The van der Waals surface area contributed by atoms with Gasteiger partial charge in [-0.2, -0.15) is 0 Å². The van der Waals surface area contributed by atoms with Gasteiger partial charge in [-0.3, -0.25) is 14.1 Å². The molecule has 0 spiro atoms. The van der Waals surface area contributed by atoms with Crippen molar-refractivity contribution >= 4 is 5.65 Å². The van der Waals surface area contributed by atoms with E-state index in [1.807, 2.05) is 25.2 Å². The van der Waals surface area contributed by atoms with Crippen molar-refractivity contribution in [2.75, 3.05) is 7.05 Å². The third-order valence-electron chi connectivity index (χ3n) is 4.64. The molecule has 0 saturated heterocycles. The van der Waals surface area contributed by atoms with Crippen molar-refractivity contribution in [2.45, 2.75) is 32.4 Å². The molecule has 0 amide bonds. The van der Waals surface area contributed by atoms with E-state index in [-0.39, 0.29) is 5.56 Å². The number of nitrogens with zero attached hydrogens (tertiary/aromatic N) is 3. The molecule has 0 aromatic carbocycles. The fourth-order valence-corrected chi connectivity index (χ4v) is 3.18. The summed E-state index contributed by atoms with van der Waals surface area (Å²) in [6.45, 7) is 3.57. The van der Waals surface area contributed by atoms with Crippen LogP contribution in [0.2, 0.25) is 0 Å². The van der Waals surface area contributed by atoms with Crippen LogP contribution in [0.3, 0.4) is 0 Å². The van der Waals surface area contributed by atoms with Crippen molar-refractivity contribution in [3.05, 3.63) is 70.2 Å². The second-order valence-electron chi connectivity index (χ2n) is 6.81. The van der Waals surface area contributed by atoms with Crippen LogP contribution in [0.1, 0.15) is 36.5 Å². The summed E-state index contributed by atoms with van der Waals surface area (Å²) in [6.07, 6.45) is 2.97. The molecule has 0 bridgehead atoms. The summed E-state index contributed by atoms with van der Waals surface area (Å²) in [6, 6.07) is 11.3. The van der Waals surface area contributed by atoms with Gasteiger partial charge in [0.25, 0.3) is 5.56 Å². The monoisotopic (exact) mass is 323 g/mol. The van der Waals surface area contributed by atoms with Crippen LogP contribution in [0.5, 0.6) is 0 Å². The molecule has 0 radical (unpaired) electrons. The molecule has 3 aromatic rings.